The van der Waals surface area contributed by atoms with Crippen molar-refractivity contribution < 1.29 is 9.53 Å². The number of benzene rings is 2. The van der Waals surface area contributed by atoms with Gasteiger partial charge in [-0.05, 0) is 72.2 Å². The molecule has 204 valence electrons. The van der Waals surface area contributed by atoms with Gasteiger partial charge in [0.05, 0.1) is 29.9 Å². The van der Waals surface area contributed by atoms with E-state index in [1.165, 1.54) is 7.11 Å². The van der Waals surface area contributed by atoms with E-state index in [9.17, 15) is 4.79 Å². The maximum Gasteiger partial charge on any atom is 0.305 e. The van der Waals surface area contributed by atoms with E-state index in [-0.39, 0.29) is 12.4 Å². The van der Waals surface area contributed by atoms with Gasteiger partial charge in [-0.15, -0.1) is 0 Å². The number of rotatable bonds is 5. The minimum atomic E-state index is -0.268. The second-order valence-electron chi connectivity index (χ2n) is 10.3. The van der Waals surface area contributed by atoms with Gasteiger partial charge in [0.2, 0.25) is 0 Å². The van der Waals surface area contributed by atoms with E-state index in [2.05, 4.69) is 64.6 Å². The summed E-state index contributed by atoms with van der Waals surface area (Å²) in [6.07, 6.45) is 8.81. The maximum absolute atomic E-state index is 12.2. The second kappa shape index (κ2) is 10.8. The first-order valence-electron chi connectivity index (χ1n) is 14.0. The molecule has 0 radical (unpaired) electrons. The lowest BCUT2D eigenvalue weighted by atomic mass is 10.0. The summed E-state index contributed by atoms with van der Waals surface area (Å²) in [5, 5.41) is 0. The third-order valence-electron chi connectivity index (χ3n) is 7.61. The smallest absolute Gasteiger partial charge is 0.305 e. The largest absolute Gasteiger partial charge is 0.469 e. The van der Waals surface area contributed by atoms with E-state index in [1.807, 2.05) is 60.7 Å². The zero-order valence-corrected chi connectivity index (χ0v) is 23.1. The normalized spacial score (nSPS) is 12.0. The first-order chi connectivity index (χ1) is 20.7. The zero-order chi connectivity index (χ0) is 28.5. The Bertz CT molecular complexity index is 1900. The van der Waals surface area contributed by atoms with Crippen molar-refractivity contribution in [1.82, 2.24) is 19.9 Å². The molecule has 2 aromatic carbocycles. The molecule has 2 N–H and O–H groups in total. The minimum absolute atomic E-state index is 0.233. The highest BCUT2D eigenvalue weighted by Crippen LogP contribution is 2.33. The van der Waals surface area contributed by atoms with E-state index in [4.69, 9.17) is 14.7 Å². The average molecular weight is 549 g/mol. The third-order valence-corrected chi connectivity index (χ3v) is 7.61. The molecule has 7 rings (SSSR count). The molecule has 0 unspecified atom stereocenters. The van der Waals surface area contributed by atoms with Crippen LogP contribution in [0.25, 0.3) is 68.6 Å². The molecule has 0 saturated carbocycles. The number of hydrogen-bond donors (Lipinski definition) is 2. The molecule has 42 heavy (non-hydrogen) atoms. The average Bonchev–Trinajstić information content (AvgIpc) is 3.85. The summed E-state index contributed by atoms with van der Waals surface area (Å²) < 4.78 is 4.98. The summed E-state index contributed by atoms with van der Waals surface area (Å²) in [7, 11) is 1.42. The number of carbonyl (C=O) groups excluding carboxylic acids is 1. The van der Waals surface area contributed by atoms with Crippen LogP contribution in [0.1, 0.15) is 34.8 Å². The van der Waals surface area contributed by atoms with Gasteiger partial charge >= 0.3 is 5.97 Å². The van der Waals surface area contributed by atoms with Gasteiger partial charge in [-0.1, -0.05) is 60.7 Å². The van der Waals surface area contributed by atoms with Gasteiger partial charge < -0.3 is 14.7 Å². The molecule has 3 aromatic heterocycles. The van der Waals surface area contributed by atoms with E-state index in [0.29, 0.717) is 6.42 Å². The number of aromatic nitrogens is 4. The Morgan fingerprint density at radius 1 is 0.643 bits per heavy atom. The van der Waals surface area contributed by atoms with Crippen LogP contribution < -0.4 is 0 Å². The van der Waals surface area contributed by atoms with Crippen molar-refractivity contribution >= 4 is 52.3 Å². The number of nitrogens with one attached hydrogen (secondary N) is 2. The van der Waals surface area contributed by atoms with Gasteiger partial charge in [0, 0.05) is 45.2 Å². The van der Waals surface area contributed by atoms with Gasteiger partial charge in [-0.25, -0.2) is 9.97 Å². The molecule has 5 aromatic rings. The molecule has 0 spiro atoms. The first kappa shape index (κ1) is 25.5. The number of fused-ring (bicyclic) bond motifs is 8. The topological polar surface area (TPSA) is 83.7 Å². The zero-order valence-electron chi connectivity index (χ0n) is 23.1. The Morgan fingerprint density at radius 2 is 1.12 bits per heavy atom. The van der Waals surface area contributed by atoms with Gasteiger partial charge in [0.1, 0.15) is 0 Å². The second-order valence-corrected chi connectivity index (χ2v) is 10.3. The van der Waals surface area contributed by atoms with Gasteiger partial charge in [0.25, 0.3) is 0 Å². The summed E-state index contributed by atoms with van der Waals surface area (Å²) >= 11 is 0. The minimum Gasteiger partial charge on any atom is -0.469 e. The van der Waals surface area contributed by atoms with Gasteiger partial charge in [-0.2, -0.15) is 0 Å². The summed E-state index contributed by atoms with van der Waals surface area (Å²) in [5.74, 6) is -0.268. The standard InChI is InChI=1S/C36H28N4O2/c1-42-34(41)21-14-27-28-17-19-32(39-28)35(23-8-4-2-5-9-23)30-15-12-25(37-30)22-26-13-16-31(38-26)36(24-10-6-3-7-11-24)33-20-18-29(27)40-33/h2-13,15-20,22,37-38H,14,21H2,1H3. The van der Waals surface area contributed by atoms with Crippen molar-refractivity contribution in [3.63, 3.8) is 0 Å². The Labute approximate surface area is 243 Å². The van der Waals surface area contributed by atoms with Crippen LogP contribution in [0.15, 0.2) is 91.0 Å². The fourth-order valence-corrected chi connectivity index (χ4v) is 5.60. The lowest BCUT2D eigenvalue weighted by Gasteiger charge is -2.05. The first-order valence-corrected chi connectivity index (χ1v) is 14.0. The molecule has 8 bridgehead atoms. The number of esters is 1. The van der Waals surface area contributed by atoms with Crippen molar-refractivity contribution in [3.05, 3.63) is 119 Å². The molecule has 6 nitrogen and oxygen atoms in total. The van der Waals surface area contributed by atoms with E-state index in [0.717, 1.165) is 72.7 Å². The van der Waals surface area contributed by atoms with E-state index < -0.39 is 0 Å². The monoisotopic (exact) mass is 548 g/mol. The molecule has 0 atom stereocenters. The maximum atomic E-state index is 12.2. The van der Waals surface area contributed by atoms with Crippen molar-refractivity contribution in [3.8, 4) is 22.3 Å². The molecule has 0 fully saturated rings. The predicted octanol–water partition coefficient (Wildman–Crippen LogP) is 8.10. The van der Waals surface area contributed by atoms with Crippen molar-refractivity contribution in [1.29, 1.82) is 0 Å². The van der Waals surface area contributed by atoms with Crippen LogP contribution in [0, 0.1) is 0 Å². The van der Waals surface area contributed by atoms with Crippen LogP contribution in [0.4, 0.5) is 0 Å². The fourth-order valence-electron chi connectivity index (χ4n) is 5.60. The molecule has 2 aliphatic rings. The number of carbonyl (C=O) groups is 1. The number of hydrogen-bond acceptors (Lipinski definition) is 4. The lowest BCUT2D eigenvalue weighted by Crippen LogP contribution is -2.04. The Hall–Kier alpha value is -5.49. The molecule has 0 amide bonds. The molecule has 0 aliphatic carbocycles. The van der Waals surface area contributed by atoms with Crippen molar-refractivity contribution in [2.24, 2.45) is 0 Å². The third kappa shape index (κ3) is 4.84. The van der Waals surface area contributed by atoms with Crippen LogP contribution in [0.2, 0.25) is 0 Å². The SMILES string of the molecule is COC(=O)CCc1c2nc(c(-c3ccccc3)c3ccc(cc4ccc([nH]4)c(-c4ccccc4)c4nc1C=C4)[nH]3)C=C2. The number of methoxy groups -OCH3 is 1. The number of ether oxygens (including phenoxy) is 1. The van der Waals surface area contributed by atoms with Crippen LogP contribution in [-0.2, 0) is 16.0 Å². The summed E-state index contributed by atoms with van der Waals surface area (Å²) in [6.45, 7) is 0. The Morgan fingerprint density at radius 3 is 1.60 bits per heavy atom. The van der Waals surface area contributed by atoms with Crippen molar-refractivity contribution in [2.45, 2.75) is 12.8 Å². The van der Waals surface area contributed by atoms with E-state index in [1.54, 1.807) is 0 Å². The fraction of sp³-hybridized carbons (Fsp3) is 0.0833. The highest BCUT2D eigenvalue weighted by Gasteiger charge is 2.18. The quantitative estimate of drug-likeness (QED) is 0.213. The molecule has 6 heteroatoms. The highest BCUT2D eigenvalue weighted by atomic mass is 16.5. The van der Waals surface area contributed by atoms with Crippen molar-refractivity contribution in [2.75, 3.05) is 7.11 Å². The Balaban J connectivity index is 1.59. The van der Waals surface area contributed by atoms with Crippen LogP contribution in [0.3, 0.4) is 0 Å². The summed E-state index contributed by atoms with van der Waals surface area (Å²) in [5.41, 5.74) is 12.2. The lowest BCUT2D eigenvalue weighted by molar-refractivity contribution is -0.140. The van der Waals surface area contributed by atoms with E-state index >= 15 is 0 Å². The van der Waals surface area contributed by atoms with Gasteiger partial charge in [0.15, 0.2) is 0 Å². The molecule has 0 saturated heterocycles. The van der Waals surface area contributed by atoms with Gasteiger partial charge in [-0.3, -0.25) is 4.79 Å². The number of nitrogens with zero attached hydrogens (tertiary/aromatic N) is 2. The van der Waals surface area contributed by atoms with Crippen LogP contribution >= 0.6 is 0 Å². The summed E-state index contributed by atoms with van der Waals surface area (Å²) in [6, 6.07) is 31.0. The molecular formula is C36H28N4O2. The highest BCUT2D eigenvalue weighted by molar-refractivity contribution is 5.93. The predicted molar refractivity (Wildman–Crippen MR) is 170 cm³/mol. The number of H-pyrrole nitrogens is 2. The van der Waals surface area contributed by atoms with Crippen LogP contribution in [-0.4, -0.2) is 33.0 Å². The molecular weight excluding hydrogens is 520 g/mol. The Kier molecular flexibility index (Phi) is 6.56. The molecule has 2 aliphatic heterocycles. The summed E-state index contributed by atoms with van der Waals surface area (Å²) in [4.78, 5) is 29.7. The molecule has 5 heterocycles. The number of aromatic amines is 2. The van der Waals surface area contributed by atoms with Crippen LogP contribution in [0.5, 0.6) is 0 Å².